The number of rotatable bonds is 7. The van der Waals surface area contributed by atoms with Crippen LogP contribution in [0.3, 0.4) is 0 Å². The Bertz CT molecular complexity index is 1410. The molecule has 2 aliphatic rings. The van der Waals surface area contributed by atoms with Gasteiger partial charge in [0.15, 0.2) is 5.78 Å². The van der Waals surface area contributed by atoms with Gasteiger partial charge in [0.1, 0.15) is 5.82 Å². The number of carbonyl (C=O) groups is 2. The van der Waals surface area contributed by atoms with Gasteiger partial charge in [-0.1, -0.05) is 24.3 Å². The highest BCUT2D eigenvalue weighted by Crippen LogP contribution is 2.46. The normalized spacial score (nSPS) is 19.2. The number of thiophene rings is 1. The molecule has 0 fully saturated rings. The van der Waals surface area contributed by atoms with Crippen molar-refractivity contribution < 1.29 is 14.0 Å². The van der Waals surface area contributed by atoms with Gasteiger partial charge in [-0.25, -0.2) is 4.39 Å². The van der Waals surface area contributed by atoms with Gasteiger partial charge >= 0.3 is 0 Å². The lowest BCUT2D eigenvalue weighted by Gasteiger charge is -2.37. The van der Waals surface area contributed by atoms with Crippen LogP contribution in [-0.4, -0.2) is 24.8 Å². The van der Waals surface area contributed by atoms with Crippen LogP contribution in [0.15, 0.2) is 88.6 Å². The number of benzene rings is 2. The molecule has 1 aliphatic carbocycles. The highest BCUT2D eigenvalue weighted by atomic mass is 32.1. The molecule has 1 aliphatic heterocycles. The summed E-state index contributed by atoms with van der Waals surface area (Å²) in [4.78, 5) is 30.9. The van der Waals surface area contributed by atoms with Gasteiger partial charge < -0.3 is 15.5 Å². The highest BCUT2D eigenvalue weighted by molar-refractivity contribution is 7.10. The van der Waals surface area contributed by atoms with Gasteiger partial charge in [0, 0.05) is 70.1 Å². The molecule has 0 saturated heterocycles. The quantitative estimate of drug-likeness (QED) is 0.356. The molecule has 2 heterocycles. The molecule has 0 saturated carbocycles. The SMILES string of the molecule is CCN(CC)c1ccc([C@@H]2C(C(=O)Nc3cccc(F)c3)=C(C)NC3=C2C(=O)C[C@@H](c2cccs2)C3)cc1. The van der Waals surface area contributed by atoms with Crippen molar-refractivity contribution in [3.05, 3.63) is 105 Å². The second-order valence-electron chi connectivity index (χ2n) is 9.76. The van der Waals surface area contributed by atoms with E-state index in [-0.39, 0.29) is 17.6 Å². The van der Waals surface area contributed by atoms with Crippen LogP contribution in [0.4, 0.5) is 15.8 Å². The lowest BCUT2D eigenvalue weighted by molar-refractivity contribution is -0.116. The van der Waals surface area contributed by atoms with Crippen molar-refractivity contribution in [2.45, 2.75) is 45.4 Å². The number of anilines is 2. The smallest absolute Gasteiger partial charge is 0.254 e. The van der Waals surface area contributed by atoms with Gasteiger partial charge in [0.05, 0.1) is 0 Å². The Balaban J connectivity index is 1.56. The number of halogens is 1. The Morgan fingerprint density at radius 1 is 1.08 bits per heavy atom. The van der Waals surface area contributed by atoms with E-state index in [0.717, 1.165) is 30.0 Å². The third-order valence-electron chi connectivity index (χ3n) is 7.46. The molecule has 196 valence electrons. The van der Waals surface area contributed by atoms with Crippen LogP contribution in [0.5, 0.6) is 0 Å². The van der Waals surface area contributed by atoms with E-state index in [1.165, 1.54) is 17.0 Å². The van der Waals surface area contributed by atoms with Crippen molar-refractivity contribution in [2.24, 2.45) is 0 Å². The fraction of sp³-hybridized carbons (Fsp3) is 0.290. The van der Waals surface area contributed by atoms with Crippen molar-refractivity contribution in [1.29, 1.82) is 0 Å². The summed E-state index contributed by atoms with van der Waals surface area (Å²) in [5.74, 6) is -1.11. The van der Waals surface area contributed by atoms with Crippen LogP contribution in [0.25, 0.3) is 0 Å². The maximum atomic E-state index is 13.8. The van der Waals surface area contributed by atoms with E-state index in [1.807, 2.05) is 30.5 Å². The first-order valence-corrected chi connectivity index (χ1v) is 14.0. The largest absolute Gasteiger partial charge is 0.372 e. The molecule has 5 nitrogen and oxygen atoms in total. The maximum absolute atomic E-state index is 13.8. The number of carbonyl (C=O) groups excluding carboxylic acids is 2. The molecule has 0 unspecified atom stereocenters. The molecule has 0 radical (unpaired) electrons. The van der Waals surface area contributed by atoms with E-state index >= 15 is 0 Å². The van der Waals surface area contributed by atoms with Gasteiger partial charge in [0.25, 0.3) is 5.91 Å². The standard InChI is InChI=1S/C31H32FN3O2S/c1-4-35(5-2)24-13-11-20(12-14-24)29-28(31(37)34-23-9-6-8-22(32)18-23)19(3)33-25-16-21(17-26(36)30(25)29)27-10-7-15-38-27/h6-15,18,21,29,33H,4-5,16-17H2,1-3H3,(H,34,37)/t21-,29+/m0/s1. The summed E-state index contributed by atoms with van der Waals surface area (Å²) in [5, 5.41) is 8.31. The molecule has 2 N–H and O–H groups in total. The Morgan fingerprint density at radius 3 is 2.50 bits per heavy atom. The van der Waals surface area contributed by atoms with Gasteiger partial charge in [-0.05, 0) is 74.5 Å². The first kappa shape index (κ1) is 25.9. The first-order chi connectivity index (χ1) is 18.4. The number of amides is 1. The van der Waals surface area contributed by atoms with Gasteiger partial charge in [-0.2, -0.15) is 0 Å². The van der Waals surface area contributed by atoms with E-state index in [0.29, 0.717) is 35.4 Å². The van der Waals surface area contributed by atoms with E-state index in [9.17, 15) is 14.0 Å². The number of allylic oxidation sites excluding steroid dienone is 3. The Labute approximate surface area is 227 Å². The summed E-state index contributed by atoms with van der Waals surface area (Å²) in [7, 11) is 0. The summed E-state index contributed by atoms with van der Waals surface area (Å²) in [6.45, 7) is 7.89. The third-order valence-corrected chi connectivity index (χ3v) is 8.49. The van der Waals surface area contributed by atoms with Crippen molar-refractivity contribution in [3.8, 4) is 0 Å². The molecule has 2 atom stereocenters. The van der Waals surface area contributed by atoms with Crippen LogP contribution in [0.2, 0.25) is 0 Å². The van der Waals surface area contributed by atoms with E-state index in [2.05, 4.69) is 47.6 Å². The van der Waals surface area contributed by atoms with Crippen LogP contribution >= 0.6 is 11.3 Å². The molecular weight excluding hydrogens is 497 g/mol. The molecule has 38 heavy (non-hydrogen) atoms. The van der Waals surface area contributed by atoms with Crippen LogP contribution in [-0.2, 0) is 9.59 Å². The molecular formula is C31H32FN3O2S. The number of hydrogen-bond donors (Lipinski definition) is 2. The zero-order valence-electron chi connectivity index (χ0n) is 21.9. The zero-order chi connectivity index (χ0) is 26.8. The maximum Gasteiger partial charge on any atom is 0.254 e. The molecule has 5 rings (SSSR count). The molecule has 0 spiro atoms. The number of dihydropyridines is 1. The van der Waals surface area contributed by atoms with Crippen LogP contribution in [0, 0.1) is 5.82 Å². The minimum Gasteiger partial charge on any atom is -0.372 e. The third kappa shape index (κ3) is 5.03. The van der Waals surface area contributed by atoms with Crippen molar-refractivity contribution in [3.63, 3.8) is 0 Å². The van der Waals surface area contributed by atoms with Gasteiger partial charge in [-0.15, -0.1) is 11.3 Å². The second-order valence-corrected chi connectivity index (χ2v) is 10.7. The van der Waals surface area contributed by atoms with Gasteiger partial charge in [0.2, 0.25) is 0 Å². The Morgan fingerprint density at radius 2 is 1.84 bits per heavy atom. The van der Waals surface area contributed by atoms with Crippen molar-refractivity contribution in [1.82, 2.24) is 5.32 Å². The van der Waals surface area contributed by atoms with Gasteiger partial charge in [-0.3, -0.25) is 9.59 Å². The monoisotopic (exact) mass is 529 g/mol. The lowest BCUT2D eigenvalue weighted by Crippen LogP contribution is -2.37. The van der Waals surface area contributed by atoms with Crippen molar-refractivity contribution in [2.75, 3.05) is 23.3 Å². The number of hydrogen-bond acceptors (Lipinski definition) is 5. The highest BCUT2D eigenvalue weighted by Gasteiger charge is 2.41. The first-order valence-electron chi connectivity index (χ1n) is 13.1. The topological polar surface area (TPSA) is 61.4 Å². The number of nitrogens with one attached hydrogen (secondary N) is 2. The summed E-state index contributed by atoms with van der Waals surface area (Å²) in [6.07, 6.45) is 1.12. The molecule has 1 aromatic heterocycles. The number of ketones is 1. The van der Waals surface area contributed by atoms with E-state index in [1.54, 1.807) is 23.5 Å². The molecule has 3 aromatic rings. The molecule has 7 heteroatoms. The lowest BCUT2D eigenvalue weighted by atomic mass is 9.72. The van der Waals surface area contributed by atoms with E-state index in [4.69, 9.17) is 0 Å². The van der Waals surface area contributed by atoms with Crippen molar-refractivity contribution >= 4 is 34.4 Å². The Kier molecular flexibility index (Phi) is 7.47. The fourth-order valence-corrected chi connectivity index (χ4v) is 6.46. The average Bonchev–Trinajstić information content (AvgIpc) is 3.44. The zero-order valence-corrected chi connectivity index (χ0v) is 22.7. The van der Waals surface area contributed by atoms with E-state index < -0.39 is 11.7 Å². The minimum absolute atomic E-state index is 0.0542. The summed E-state index contributed by atoms with van der Waals surface area (Å²) >= 11 is 1.67. The average molecular weight is 530 g/mol. The molecule has 1 amide bonds. The summed E-state index contributed by atoms with van der Waals surface area (Å²) in [5.41, 5.74) is 5.09. The number of Topliss-reactive ketones (excluding diaryl/α,β-unsaturated/α-hetero) is 1. The fourth-order valence-electron chi connectivity index (χ4n) is 5.63. The minimum atomic E-state index is -0.512. The predicted octanol–water partition coefficient (Wildman–Crippen LogP) is 6.73. The second kappa shape index (κ2) is 11.0. The Hall–Kier alpha value is -3.71. The molecule has 2 aromatic carbocycles. The molecule has 0 bridgehead atoms. The van der Waals surface area contributed by atoms with Crippen LogP contribution < -0.4 is 15.5 Å². The summed E-state index contributed by atoms with van der Waals surface area (Å²) in [6, 6.07) is 18.1. The number of nitrogens with zero attached hydrogens (tertiary/aromatic N) is 1. The van der Waals surface area contributed by atoms with Crippen LogP contribution in [0.1, 0.15) is 55.9 Å². The summed E-state index contributed by atoms with van der Waals surface area (Å²) < 4.78 is 13.8. The predicted molar refractivity (Wildman–Crippen MR) is 152 cm³/mol.